The largest absolute Gasteiger partial charge is 0.381 e. The molecule has 1 saturated carbocycles. The fourth-order valence-corrected chi connectivity index (χ4v) is 4.24. The number of rotatable bonds is 7. The SMILES string of the molecule is CC(C)(C)S(=O)(=O)Nc1ccc(CNc2ccc(NC(=O)C3CCCCC3)cc2)cc1. The molecule has 2 aromatic carbocycles. The van der Waals surface area contributed by atoms with E-state index in [4.69, 9.17) is 0 Å². The van der Waals surface area contributed by atoms with Crippen molar-refractivity contribution in [3.05, 3.63) is 54.1 Å². The van der Waals surface area contributed by atoms with Crippen LogP contribution in [0.15, 0.2) is 48.5 Å². The highest BCUT2D eigenvalue weighted by Crippen LogP contribution is 2.25. The van der Waals surface area contributed by atoms with Crippen molar-refractivity contribution in [2.45, 2.75) is 64.2 Å². The Morgan fingerprint density at radius 2 is 1.42 bits per heavy atom. The second-order valence-corrected chi connectivity index (χ2v) is 11.6. The molecule has 1 amide bonds. The predicted molar refractivity (Wildman–Crippen MR) is 128 cm³/mol. The van der Waals surface area contributed by atoms with Gasteiger partial charge in [-0.25, -0.2) is 8.42 Å². The Hall–Kier alpha value is -2.54. The third kappa shape index (κ3) is 6.47. The summed E-state index contributed by atoms with van der Waals surface area (Å²) in [7, 11) is -3.43. The van der Waals surface area contributed by atoms with Gasteiger partial charge in [-0.1, -0.05) is 31.4 Å². The van der Waals surface area contributed by atoms with Crippen LogP contribution >= 0.6 is 0 Å². The van der Waals surface area contributed by atoms with Gasteiger partial charge in [0.1, 0.15) is 0 Å². The molecule has 3 rings (SSSR count). The third-order valence-electron chi connectivity index (χ3n) is 5.64. The quantitative estimate of drug-likeness (QED) is 0.538. The molecule has 0 bridgehead atoms. The highest BCUT2D eigenvalue weighted by atomic mass is 32.2. The second-order valence-electron chi connectivity index (χ2n) is 9.17. The van der Waals surface area contributed by atoms with Crippen molar-refractivity contribution in [3.63, 3.8) is 0 Å². The summed E-state index contributed by atoms with van der Waals surface area (Å²) in [5.74, 6) is 0.269. The van der Waals surface area contributed by atoms with Crippen LogP contribution in [0, 0.1) is 5.92 Å². The fourth-order valence-electron chi connectivity index (χ4n) is 3.48. The van der Waals surface area contributed by atoms with Crippen LogP contribution in [0.4, 0.5) is 17.1 Å². The number of benzene rings is 2. The third-order valence-corrected chi connectivity index (χ3v) is 7.75. The molecule has 0 unspecified atom stereocenters. The summed E-state index contributed by atoms with van der Waals surface area (Å²) >= 11 is 0. The molecule has 3 N–H and O–H groups in total. The zero-order chi connectivity index (χ0) is 22.5. The molecule has 0 spiro atoms. The Kier molecular flexibility index (Phi) is 7.26. The van der Waals surface area contributed by atoms with Gasteiger partial charge in [-0.2, -0.15) is 0 Å². The van der Waals surface area contributed by atoms with Crippen LogP contribution < -0.4 is 15.4 Å². The minimum Gasteiger partial charge on any atom is -0.381 e. The number of hydrogen-bond donors (Lipinski definition) is 3. The summed E-state index contributed by atoms with van der Waals surface area (Å²) < 4.78 is 26.3. The van der Waals surface area contributed by atoms with E-state index in [1.165, 1.54) is 6.42 Å². The first-order chi connectivity index (χ1) is 14.6. The summed E-state index contributed by atoms with van der Waals surface area (Å²) in [6.45, 7) is 5.61. The minimum absolute atomic E-state index is 0.127. The van der Waals surface area contributed by atoms with E-state index in [9.17, 15) is 13.2 Å². The lowest BCUT2D eigenvalue weighted by atomic mass is 9.88. The van der Waals surface area contributed by atoms with Crippen LogP contribution in [0.3, 0.4) is 0 Å². The van der Waals surface area contributed by atoms with Crippen molar-refractivity contribution >= 4 is 33.0 Å². The zero-order valence-electron chi connectivity index (χ0n) is 18.6. The molecule has 7 heteroatoms. The van der Waals surface area contributed by atoms with E-state index in [-0.39, 0.29) is 11.8 Å². The maximum Gasteiger partial charge on any atom is 0.237 e. The standard InChI is InChI=1S/C24H33N3O3S/c1-24(2,3)31(29,30)27-22-11-9-18(10-12-22)17-25-20-13-15-21(16-14-20)26-23(28)19-7-5-4-6-8-19/h9-16,19,25,27H,4-8,17H2,1-3H3,(H,26,28). The molecule has 0 aromatic heterocycles. The fraction of sp³-hybridized carbons (Fsp3) is 0.458. The van der Waals surface area contributed by atoms with Crippen LogP contribution in [0.25, 0.3) is 0 Å². The van der Waals surface area contributed by atoms with E-state index in [0.717, 1.165) is 42.6 Å². The van der Waals surface area contributed by atoms with Gasteiger partial charge in [0, 0.05) is 29.5 Å². The van der Waals surface area contributed by atoms with Crippen LogP contribution in [-0.4, -0.2) is 19.1 Å². The molecule has 6 nitrogen and oxygen atoms in total. The van der Waals surface area contributed by atoms with Gasteiger partial charge in [-0.3, -0.25) is 9.52 Å². The molecule has 0 radical (unpaired) electrons. The number of carbonyl (C=O) groups excluding carboxylic acids is 1. The molecular formula is C24H33N3O3S. The topological polar surface area (TPSA) is 87.3 Å². The number of anilines is 3. The summed E-state index contributed by atoms with van der Waals surface area (Å²) in [4.78, 5) is 12.4. The molecule has 1 aliphatic carbocycles. The first kappa shape index (κ1) is 23.1. The summed E-state index contributed by atoms with van der Waals surface area (Å²) in [6.07, 6.45) is 5.50. The smallest absolute Gasteiger partial charge is 0.237 e. The second kappa shape index (κ2) is 9.73. The lowest BCUT2D eigenvalue weighted by Crippen LogP contribution is -2.33. The summed E-state index contributed by atoms with van der Waals surface area (Å²) in [6, 6.07) is 15.0. The van der Waals surface area contributed by atoms with Crippen molar-refractivity contribution in [1.82, 2.24) is 0 Å². The van der Waals surface area contributed by atoms with E-state index in [0.29, 0.717) is 12.2 Å². The van der Waals surface area contributed by atoms with Gasteiger partial charge in [-0.05, 0) is 75.6 Å². The maximum atomic E-state index is 12.4. The summed E-state index contributed by atoms with van der Waals surface area (Å²) in [5.41, 5.74) is 3.36. The molecule has 0 saturated heterocycles. The maximum absolute atomic E-state index is 12.4. The minimum atomic E-state index is -3.43. The molecule has 168 valence electrons. The number of hydrogen-bond acceptors (Lipinski definition) is 4. The van der Waals surface area contributed by atoms with Crippen LogP contribution in [0.5, 0.6) is 0 Å². The van der Waals surface area contributed by atoms with Crippen molar-refractivity contribution in [3.8, 4) is 0 Å². The Morgan fingerprint density at radius 3 is 2.00 bits per heavy atom. The van der Waals surface area contributed by atoms with Gasteiger partial charge in [-0.15, -0.1) is 0 Å². The number of amides is 1. The molecule has 0 atom stereocenters. The van der Waals surface area contributed by atoms with E-state index in [1.807, 2.05) is 36.4 Å². The predicted octanol–water partition coefficient (Wildman–Crippen LogP) is 5.36. The average molecular weight is 444 g/mol. The number of nitrogens with one attached hydrogen (secondary N) is 3. The molecule has 0 aliphatic heterocycles. The van der Waals surface area contributed by atoms with Gasteiger partial charge in [0.05, 0.1) is 4.75 Å². The molecule has 31 heavy (non-hydrogen) atoms. The zero-order valence-corrected chi connectivity index (χ0v) is 19.4. The number of sulfonamides is 1. The van der Waals surface area contributed by atoms with Crippen LogP contribution in [0.2, 0.25) is 0 Å². The Labute approximate surface area is 185 Å². The first-order valence-electron chi connectivity index (χ1n) is 10.9. The van der Waals surface area contributed by atoms with Gasteiger partial charge < -0.3 is 10.6 Å². The van der Waals surface area contributed by atoms with Gasteiger partial charge in [0.15, 0.2) is 0 Å². The summed E-state index contributed by atoms with van der Waals surface area (Å²) in [5, 5.41) is 6.37. The first-order valence-corrected chi connectivity index (χ1v) is 12.4. The monoisotopic (exact) mass is 443 g/mol. The molecular weight excluding hydrogens is 410 g/mol. The lowest BCUT2D eigenvalue weighted by Gasteiger charge is -2.20. The average Bonchev–Trinajstić information content (AvgIpc) is 2.74. The van der Waals surface area contributed by atoms with Crippen molar-refractivity contribution < 1.29 is 13.2 Å². The van der Waals surface area contributed by atoms with E-state index >= 15 is 0 Å². The van der Waals surface area contributed by atoms with Crippen LogP contribution in [-0.2, 0) is 21.4 Å². The Morgan fingerprint density at radius 1 is 0.871 bits per heavy atom. The van der Waals surface area contributed by atoms with Crippen LogP contribution in [0.1, 0.15) is 58.4 Å². The van der Waals surface area contributed by atoms with Crippen molar-refractivity contribution in [1.29, 1.82) is 0 Å². The highest BCUT2D eigenvalue weighted by molar-refractivity contribution is 7.94. The molecule has 1 aliphatic rings. The van der Waals surface area contributed by atoms with E-state index < -0.39 is 14.8 Å². The van der Waals surface area contributed by atoms with Gasteiger partial charge in [0.25, 0.3) is 0 Å². The van der Waals surface area contributed by atoms with Gasteiger partial charge in [0.2, 0.25) is 15.9 Å². The van der Waals surface area contributed by atoms with Crippen molar-refractivity contribution in [2.24, 2.45) is 5.92 Å². The van der Waals surface area contributed by atoms with E-state index in [1.54, 1.807) is 32.9 Å². The van der Waals surface area contributed by atoms with E-state index in [2.05, 4.69) is 15.4 Å². The molecule has 1 fully saturated rings. The van der Waals surface area contributed by atoms with Crippen molar-refractivity contribution in [2.75, 3.05) is 15.4 Å². The highest BCUT2D eigenvalue weighted by Gasteiger charge is 2.28. The number of carbonyl (C=O) groups is 1. The molecule has 2 aromatic rings. The molecule has 0 heterocycles. The Bertz CT molecular complexity index is 972. The lowest BCUT2D eigenvalue weighted by molar-refractivity contribution is -0.120. The van der Waals surface area contributed by atoms with Gasteiger partial charge >= 0.3 is 0 Å². The normalized spacial score (nSPS) is 15.3. The Balaban J connectivity index is 1.50.